The molecule has 0 unspecified atom stereocenters. The van der Waals surface area contributed by atoms with Crippen molar-refractivity contribution in [1.29, 1.82) is 0 Å². The molecule has 3 N–H and O–H groups in total. The minimum atomic E-state index is -0.277. The third-order valence-electron chi connectivity index (χ3n) is 3.60. The second-order valence-electron chi connectivity index (χ2n) is 5.23. The van der Waals surface area contributed by atoms with Crippen LogP contribution in [0.3, 0.4) is 0 Å². The number of aromatic nitrogens is 1. The SMILES string of the molecule is NC1(CC(=O)NCc2ccncc2)CCCCC1. The maximum Gasteiger partial charge on any atom is 0.222 e. The summed E-state index contributed by atoms with van der Waals surface area (Å²) < 4.78 is 0. The molecule has 1 aliphatic carbocycles. The van der Waals surface area contributed by atoms with E-state index in [9.17, 15) is 4.79 Å². The highest BCUT2D eigenvalue weighted by Crippen LogP contribution is 2.28. The topological polar surface area (TPSA) is 68.0 Å². The Balaban J connectivity index is 1.78. The van der Waals surface area contributed by atoms with E-state index in [4.69, 9.17) is 5.73 Å². The molecule has 0 aromatic carbocycles. The predicted octanol–water partition coefficient (Wildman–Crippen LogP) is 1.75. The van der Waals surface area contributed by atoms with Gasteiger partial charge in [-0.2, -0.15) is 0 Å². The van der Waals surface area contributed by atoms with Crippen molar-refractivity contribution in [2.75, 3.05) is 0 Å². The number of hydrogen-bond acceptors (Lipinski definition) is 3. The lowest BCUT2D eigenvalue weighted by Gasteiger charge is -2.32. The number of amides is 1. The summed E-state index contributed by atoms with van der Waals surface area (Å²) in [6.07, 6.45) is 9.38. The summed E-state index contributed by atoms with van der Waals surface area (Å²) in [5, 5.41) is 2.92. The third-order valence-corrected chi connectivity index (χ3v) is 3.60. The van der Waals surface area contributed by atoms with Gasteiger partial charge in [0.15, 0.2) is 0 Å². The summed E-state index contributed by atoms with van der Waals surface area (Å²) in [6, 6.07) is 3.80. The van der Waals surface area contributed by atoms with Crippen molar-refractivity contribution in [3.8, 4) is 0 Å². The van der Waals surface area contributed by atoms with Crippen LogP contribution in [-0.4, -0.2) is 16.4 Å². The number of carbonyl (C=O) groups is 1. The highest BCUT2D eigenvalue weighted by Gasteiger charge is 2.29. The maximum absolute atomic E-state index is 11.9. The largest absolute Gasteiger partial charge is 0.352 e. The Kier molecular flexibility index (Phi) is 4.31. The van der Waals surface area contributed by atoms with Gasteiger partial charge in [-0.1, -0.05) is 19.3 Å². The Morgan fingerprint density at radius 1 is 1.28 bits per heavy atom. The maximum atomic E-state index is 11.9. The number of nitrogens with one attached hydrogen (secondary N) is 1. The second-order valence-corrected chi connectivity index (χ2v) is 5.23. The average molecular weight is 247 g/mol. The molecule has 1 aromatic heterocycles. The van der Waals surface area contributed by atoms with E-state index < -0.39 is 0 Å². The van der Waals surface area contributed by atoms with Gasteiger partial charge in [-0.3, -0.25) is 9.78 Å². The highest BCUT2D eigenvalue weighted by atomic mass is 16.1. The van der Waals surface area contributed by atoms with Crippen molar-refractivity contribution in [2.45, 2.75) is 50.6 Å². The number of nitrogens with zero attached hydrogens (tertiary/aromatic N) is 1. The van der Waals surface area contributed by atoms with Crippen LogP contribution in [0, 0.1) is 0 Å². The first kappa shape index (κ1) is 13.0. The standard InChI is InChI=1S/C14H21N3O/c15-14(6-2-1-3-7-14)10-13(18)17-11-12-4-8-16-9-5-12/h4-5,8-9H,1-3,6-7,10-11,15H2,(H,17,18). The molecule has 1 aromatic rings. The van der Waals surface area contributed by atoms with E-state index in [-0.39, 0.29) is 11.4 Å². The van der Waals surface area contributed by atoms with E-state index in [1.807, 2.05) is 12.1 Å². The Morgan fingerprint density at radius 3 is 2.61 bits per heavy atom. The molecular formula is C14H21N3O. The van der Waals surface area contributed by atoms with Crippen LogP contribution in [0.25, 0.3) is 0 Å². The quantitative estimate of drug-likeness (QED) is 0.851. The molecule has 4 nitrogen and oxygen atoms in total. The summed E-state index contributed by atoms with van der Waals surface area (Å²) in [7, 11) is 0. The summed E-state index contributed by atoms with van der Waals surface area (Å²) in [5.74, 6) is 0.0520. The second kappa shape index (κ2) is 5.96. The molecule has 0 aliphatic heterocycles. The van der Waals surface area contributed by atoms with Gasteiger partial charge in [-0.15, -0.1) is 0 Å². The van der Waals surface area contributed by atoms with Crippen molar-refractivity contribution >= 4 is 5.91 Å². The van der Waals surface area contributed by atoms with Gasteiger partial charge in [0.2, 0.25) is 5.91 Å². The molecule has 0 radical (unpaired) electrons. The fourth-order valence-corrected chi connectivity index (χ4v) is 2.52. The van der Waals surface area contributed by atoms with Crippen LogP contribution in [0.1, 0.15) is 44.1 Å². The lowest BCUT2D eigenvalue weighted by molar-refractivity contribution is -0.122. The zero-order valence-corrected chi connectivity index (χ0v) is 10.7. The zero-order chi connectivity index (χ0) is 12.8. The van der Waals surface area contributed by atoms with E-state index in [0.717, 1.165) is 31.2 Å². The van der Waals surface area contributed by atoms with Crippen LogP contribution in [0.2, 0.25) is 0 Å². The Morgan fingerprint density at radius 2 is 1.94 bits per heavy atom. The first-order valence-electron chi connectivity index (χ1n) is 6.62. The molecule has 1 saturated carbocycles. The molecule has 1 amide bonds. The van der Waals surface area contributed by atoms with Gasteiger partial charge in [0, 0.05) is 30.9 Å². The van der Waals surface area contributed by atoms with Crippen LogP contribution >= 0.6 is 0 Å². The lowest BCUT2D eigenvalue weighted by atomic mass is 9.80. The molecule has 1 heterocycles. The van der Waals surface area contributed by atoms with E-state index in [1.54, 1.807) is 12.4 Å². The first-order valence-corrected chi connectivity index (χ1v) is 6.62. The van der Waals surface area contributed by atoms with Gasteiger partial charge < -0.3 is 11.1 Å². The summed E-state index contributed by atoms with van der Waals surface area (Å²) in [4.78, 5) is 15.8. The highest BCUT2D eigenvalue weighted by molar-refractivity contribution is 5.77. The van der Waals surface area contributed by atoms with Crippen LogP contribution in [0.15, 0.2) is 24.5 Å². The summed E-state index contributed by atoms with van der Waals surface area (Å²) in [5.41, 5.74) is 7.04. The molecule has 0 bridgehead atoms. The molecule has 1 fully saturated rings. The van der Waals surface area contributed by atoms with Gasteiger partial charge in [-0.25, -0.2) is 0 Å². The molecule has 4 heteroatoms. The van der Waals surface area contributed by atoms with Crippen molar-refractivity contribution in [3.05, 3.63) is 30.1 Å². The Labute approximate surface area is 108 Å². The smallest absolute Gasteiger partial charge is 0.222 e. The van der Waals surface area contributed by atoms with E-state index in [0.29, 0.717) is 13.0 Å². The molecule has 0 spiro atoms. The fraction of sp³-hybridized carbons (Fsp3) is 0.571. The Bertz CT molecular complexity index is 385. The number of pyridine rings is 1. The van der Waals surface area contributed by atoms with Crippen molar-refractivity contribution in [3.63, 3.8) is 0 Å². The van der Waals surface area contributed by atoms with E-state index in [1.165, 1.54) is 6.42 Å². The van der Waals surface area contributed by atoms with Crippen molar-refractivity contribution in [1.82, 2.24) is 10.3 Å². The van der Waals surface area contributed by atoms with Gasteiger partial charge in [0.1, 0.15) is 0 Å². The molecule has 18 heavy (non-hydrogen) atoms. The van der Waals surface area contributed by atoms with Crippen LogP contribution in [-0.2, 0) is 11.3 Å². The fourth-order valence-electron chi connectivity index (χ4n) is 2.52. The minimum absolute atomic E-state index is 0.0520. The minimum Gasteiger partial charge on any atom is -0.352 e. The molecule has 0 saturated heterocycles. The number of hydrogen-bond donors (Lipinski definition) is 2. The summed E-state index contributed by atoms with van der Waals surface area (Å²) in [6.45, 7) is 0.553. The zero-order valence-electron chi connectivity index (χ0n) is 10.7. The molecular weight excluding hydrogens is 226 g/mol. The van der Waals surface area contributed by atoms with E-state index >= 15 is 0 Å². The first-order chi connectivity index (χ1) is 8.68. The lowest BCUT2D eigenvalue weighted by Crippen LogP contribution is -2.45. The number of nitrogens with two attached hydrogens (primary N) is 1. The van der Waals surface area contributed by atoms with Gasteiger partial charge >= 0.3 is 0 Å². The molecule has 0 atom stereocenters. The molecule has 98 valence electrons. The van der Waals surface area contributed by atoms with Crippen LogP contribution < -0.4 is 11.1 Å². The third kappa shape index (κ3) is 3.81. The van der Waals surface area contributed by atoms with Crippen molar-refractivity contribution < 1.29 is 4.79 Å². The normalized spacial score (nSPS) is 18.3. The van der Waals surface area contributed by atoms with Crippen LogP contribution in [0.5, 0.6) is 0 Å². The average Bonchev–Trinajstić information content (AvgIpc) is 2.38. The summed E-state index contributed by atoms with van der Waals surface area (Å²) >= 11 is 0. The molecule has 1 aliphatic rings. The van der Waals surface area contributed by atoms with Gasteiger partial charge in [0.05, 0.1) is 0 Å². The van der Waals surface area contributed by atoms with Gasteiger partial charge in [0.25, 0.3) is 0 Å². The molecule has 2 rings (SSSR count). The number of carbonyl (C=O) groups excluding carboxylic acids is 1. The van der Waals surface area contributed by atoms with E-state index in [2.05, 4.69) is 10.3 Å². The van der Waals surface area contributed by atoms with Gasteiger partial charge in [-0.05, 0) is 30.5 Å². The monoisotopic (exact) mass is 247 g/mol. The predicted molar refractivity (Wildman–Crippen MR) is 70.7 cm³/mol. The Hall–Kier alpha value is -1.42. The number of rotatable bonds is 4. The van der Waals surface area contributed by atoms with Crippen molar-refractivity contribution in [2.24, 2.45) is 5.73 Å². The van der Waals surface area contributed by atoms with Crippen LogP contribution in [0.4, 0.5) is 0 Å².